The molecule has 0 unspecified atom stereocenters. The monoisotopic (exact) mass is 250 g/mol. The minimum atomic E-state index is 0. The quantitative estimate of drug-likeness (QED) is 0.821. The fourth-order valence-electron chi connectivity index (χ4n) is 2.63. The van der Waals surface area contributed by atoms with Crippen molar-refractivity contribution in [3.8, 4) is 0 Å². The van der Waals surface area contributed by atoms with Crippen LogP contribution in [0.3, 0.4) is 0 Å². The standard InChI is InChI=1S/C14H18N2.ClH/c1-14(2)9-16-13-7-12(15-8-11(13)14)10-5-3-4-6-10;/h5,7-8,16H,3-4,6,9H2,1-2H3;1H. The van der Waals surface area contributed by atoms with Crippen LogP contribution >= 0.6 is 12.4 Å². The Kier molecular flexibility index (Phi) is 3.17. The molecule has 0 radical (unpaired) electrons. The highest BCUT2D eigenvalue weighted by atomic mass is 35.5. The van der Waals surface area contributed by atoms with Crippen LogP contribution in [0.25, 0.3) is 5.57 Å². The molecule has 0 amide bonds. The van der Waals surface area contributed by atoms with Crippen molar-refractivity contribution < 1.29 is 0 Å². The van der Waals surface area contributed by atoms with Gasteiger partial charge < -0.3 is 5.32 Å². The molecule has 0 fully saturated rings. The van der Waals surface area contributed by atoms with Crippen molar-refractivity contribution >= 4 is 23.7 Å². The summed E-state index contributed by atoms with van der Waals surface area (Å²) < 4.78 is 0. The maximum absolute atomic E-state index is 4.62. The molecule has 2 heterocycles. The number of halogens is 1. The molecule has 2 nitrogen and oxygen atoms in total. The number of nitrogens with one attached hydrogen (secondary N) is 1. The average molecular weight is 251 g/mol. The normalized spacial score (nSPS) is 20.2. The molecule has 2 aliphatic rings. The summed E-state index contributed by atoms with van der Waals surface area (Å²) in [6.45, 7) is 5.55. The second-order valence-electron chi connectivity index (χ2n) is 5.47. The number of fused-ring (bicyclic) bond motifs is 1. The Bertz CT molecular complexity index is 463. The molecule has 0 saturated carbocycles. The SMILES string of the molecule is CC1(C)CNc2cc(C3=CCCC3)ncc21.Cl. The van der Waals surface area contributed by atoms with Crippen molar-refractivity contribution in [1.29, 1.82) is 0 Å². The van der Waals surface area contributed by atoms with Crippen LogP contribution < -0.4 is 5.32 Å². The lowest BCUT2D eigenvalue weighted by molar-refractivity contribution is 0.584. The van der Waals surface area contributed by atoms with E-state index in [4.69, 9.17) is 0 Å². The van der Waals surface area contributed by atoms with Crippen LogP contribution in [0.1, 0.15) is 44.4 Å². The number of hydrogen-bond acceptors (Lipinski definition) is 2. The van der Waals surface area contributed by atoms with Gasteiger partial charge in [-0.3, -0.25) is 4.98 Å². The first-order valence-electron chi connectivity index (χ1n) is 6.11. The first-order chi connectivity index (χ1) is 7.67. The van der Waals surface area contributed by atoms with E-state index in [1.54, 1.807) is 0 Å². The molecular weight excluding hydrogens is 232 g/mol. The fraction of sp³-hybridized carbons (Fsp3) is 0.500. The predicted octanol–water partition coefficient (Wildman–Crippen LogP) is 3.77. The second kappa shape index (κ2) is 4.34. The van der Waals surface area contributed by atoms with Crippen LogP contribution in [0.15, 0.2) is 18.3 Å². The van der Waals surface area contributed by atoms with Crippen LogP contribution in [0.5, 0.6) is 0 Å². The van der Waals surface area contributed by atoms with Crippen molar-refractivity contribution in [3.63, 3.8) is 0 Å². The van der Waals surface area contributed by atoms with Gasteiger partial charge in [0, 0.05) is 29.4 Å². The highest BCUT2D eigenvalue weighted by Crippen LogP contribution is 2.37. The minimum Gasteiger partial charge on any atom is -0.384 e. The number of hydrogen-bond donors (Lipinski definition) is 1. The largest absolute Gasteiger partial charge is 0.384 e. The molecule has 0 atom stereocenters. The van der Waals surface area contributed by atoms with E-state index in [-0.39, 0.29) is 17.8 Å². The number of rotatable bonds is 1. The lowest BCUT2D eigenvalue weighted by Gasteiger charge is -2.16. The summed E-state index contributed by atoms with van der Waals surface area (Å²) in [5, 5.41) is 3.49. The molecule has 0 aromatic carbocycles. The number of allylic oxidation sites excluding steroid dienone is 2. The van der Waals surface area contributed by atoms with E-state index >= 15 is 0 Å². The van der Waals surface area contributed by atoms with Crippen molar-refractivity contribution in [2.45, 2.75) is 38.5 Å². The molecule has 0 saturated heterocycles. The van der Waals surface area contributed by atoms with E-state index in [1.165, 1.54) is 41.8 Å². The van der Waals surface area contributed by atoms with Crippen molar-refractivity contribution in [2.24, 2.45) is 0 Å². The summed E-state index contributed by atoms with van der Waals surface area (Å²) in [4.78, 5) is 4.62. The number of aromatic nitrogens is 1. The van der Waals surface area contributed by atoms with Gasteiger partial charge in [-0.1, -0.05) is 19.9 Å². The Morgan fingerprint density at radius 1 is 1.35 bits per heavy atom. The van der Waals surface area contributed by atoms with E-state index in [1.807, 2.05) is 0 Å². The maximum Gasteiger partial charge on any atom is 0.0679 e. The van der Waals surface area contributed by atoms with Crippen molar-refractivity contribution in [3.05, 3.63) is 29.6 Å². The van der Waals surface area contributed by atoms with E-state index in [9.17, 15) is 0 Å². The second-order valence-corrected chi connectivity index (χ2v) is 5.47. The van der Waals surface area contributed by atoms with Gasteiger partial charge in [0.2, 0.25) is 0 Å². The molecule has 1 aliphatic carbocycles. The van der Waals surface area contributed by atoms with Crippen LogP contribution in [0.2, 0.25) is 0 Å². The third kappa shape index (κ3) is 2.06. The van der Waals surface area contributed by atoms with Gasteiger partial charge in [-0.25, -0.2) is 0 Å². The number of nitrogens with zero attached hydrogens (tertiary/aromatic N) is 1. The topological polar surface area (TPSA) is 24.9 Å². The van der Waals surface area contributed by atoms with Gasteiger partial charge in [0.15, 0.2) is 0 Å². The first kappa shape index (κ1) is 12.4. The van der Waals surface area contributed by atoms with Gasteiger partial charge >= 0.3 is 0 Å². The Balaban J connectivity index is 0.00000108. The van der Waals surface area contributed by atoms with E-state index in [2.05, 4.69) is 42.5 Å². The predicted molar refractivity (Wildman–Crippen MR) is 74.8 cm³/mol. The summed E-state index contributed by atoms with van der Waals surface area (Å²) in [7, 11) is 0. The van der Waals surface area contributed by atoms with Gasteiger partial charge in [-0.05, 0) is 30.9 Å². The highest BCUT2D eigenvalue weighted by Gasteiger charge is 2.30. The number of anilines is 1. The summed E-state index contributed by atoms with van der Waals surface area (Å²) in [6, 6.07) is 2.22. The summed E-state index contributed by atoms with van der Waals surface area (Å²) >= 11 is 0. The van der Waals surface area contributed by atoms with Crippen LogP contribution in [0.4, 0.5) is 5.69 Å². The fourth-order valence-corrected chi connectivity index (χ4v) is 2.63. The third-order valence-electron chi connectivity index (χ3n) is 3.72. The van der Waals surface area contributed by atoms with Gasteiger partial charge in [0.1, 0.15) is 0 Å². The molecule has 0 bridgehead atoms. The van der Waals surface area contributed by atoms with Gasteiger partial charge in [-0.2, -0.15) is 0 Å². The first-order valence-corrected chi connectivity index (χ1v) is 6.11. The molecule has 3 rings (SSSR count). The molecular formula is C14H19ClN2. The molecule has 0 spiro atoms. The smallest absolute Gasteiger partial charge is 0.0679 e. The van der Waals surface area contributed by atoms with Crippen molar-refractivity contribution in [2.75, 3.05) is 11.9 Å². The number of pyridine rings is 1. The Morgan fingerprint density at radius 2 is 2.18 bits per heavy atom. The third-order valence-corrected chi connectivity index (χ3v) is 3.72. The van der Waals surface area contributed by atoms with Crippen LogP contribution in [0, 0.1) is 0 Å². The lowest BCUT2D eigenvalue weighted by atomic mass is 9.88. The zero-order valence-corrected chi connectivity index (χ0v) is 11.2. The molecule has 17 heavy (non-hydrogen) atoms. The summed E-state index contributed by atoms with van der Waals surface area (Å²) in [6.07, 6.45) is 8.08. The molecule has 1 aromatic heterocycles. The zero-order valence-electron chi connectivity index (χ0n) is 10.4. The van der Waals surface area contributed by atoms with Gasteiger partial charge in [0.25, 0.3) is 0 Å². The average Bonchev–Trinajstić information content (AvgIpc) is 2.87. The minimum absolute atomic E-state index is 0. The van der Waals surface area contributed by atoms with Crippen LogP contribution in [-0.4, -0.2) is 11.5 Å². The van der Waals surface area contributed by atoms with E-state index in [0.29, 0.717) is 0 Å². The van der Waals surface area contributed by atoms with E-state index in [0.717, 1.165) is 6.54 Å². The molecule has 1 N–H and O–H groups in total. The zero-order chi connectivity index (χ0) is 11.2. The molecule has 1 aliphatic heterocycles. The Labute approximate surface area is 109 Å². The summed E-state index contributed by atoms with van der Waals surface area (Å²) in [5.74, 6) is 0. The van der Waals surface area contributed by atoms with E-state index < -0.39 is 0 Å². The lowest BCUT2D eigenvalue weighted by Crippen LogP contribution is -2.19. The Morgan fingerprint density at radius 3 is 2.88 bits per heavy atom. The maximum atomic E-state index is 4.62. The molecule has 3 heteroatoms. The molecule has 92 valence electrons. The van der Waals surface area contributed by atoms with Crippen molar-refractivity contribution in [1.82, 2.24) is 4.98 Å². The van der Waals surface area contributed by atoms with Gasteiger partial charge in [0.05, 0.1) is 5.69 Å². The highest BCUT2D eigenvalue weighted by molar-refractivity contribution is 5.85. The molecule has 1 aromatic rings. The van der Waals surface area contributed by atoms with Gasteiger partial charge in [-0.15, -0.1) is 12.4 Å². The van der Waals surface area contributed by atoms with Crippen LogP contribution in [-0.2, 0) is 5.41 Å². The Hall–Kier alpha value is -1.02. The summed E-state index contributed by atoms with van der Waals surface area (Å²) in [5.41, 5.74) is 5.46.